The Hall–Kier alpha value is -3.93. The molecule has 1 aromatic carbocycles. The Morgan fingerprint density at radius 1 is 1.02 bits per heavy atom. The zero-order valence-corrected chi connectivity index (χ0v) is 26.0. The standard InChI is InChI=1S/C36H43N5O3/c1-35(2)30(26-8-5-4-6-9-26)10-7-18-36(35,19-17-25-22-41(23-25)24-29-13-16-33(43)39-29)31-14-11-27(34(40-31)44-3)20-37-21-28-12-15-32(42)38-28/h4-11,14,18,25,28-29,37H,12-13,15-16,20-24H2,1-3H3,(H,38,42)(H,39,43). The first-order chi connectivity index (χ1) is 21.3. The average Bonchev–Trinajstić information content (AvgIpc) is 3.62. The molecule has 0 saturated carbocycles. The monoisotopic (exact) mass is 593 g/mol. The highest BCUT2D eigenvalue weighted by Crippen LogP contribution is 2.53. The summed E-state index contributed by atoms with van der Waals surface area (Å²) in [5, 5.41) is 9.56. The second-order valence-corrected chi connectivity index (χ2v) is 13.0. The number of methoxy groups -OCH3 is 1. The lowest BCUT2D eigenvalue weighted by molar-refractivity contribution is -0.120. The molecule has 3 fully saturated rings. The number of carbonyl (C=O) groups excluding carboxylic acids is 2. The van der Waals surface area contributed by atoms with Crippen LogP contribution in [0.5, 0.6) is 5.88 Å². The molecule has 4 heterocycles. The van der Waals surface area contributed by atoms with Gasteiger partial charge in [-0.1, -0.05) is 80.3 Å². The van der Waals surface area contributed by atoms with Gasteiger partial charge in [-0.15, -0.1) is 0 Å². The molecule has 3 unspecified atom stereocenters. The molecule has 4 aliphatic rings. The van der Waals surface area contributed by atoms with Crippen LogP contribution in [-0.4, -0.2) is 67.1 Å². The van der Waals surface area contributed by atoms with Crippen LogP contribution in [0.2, 0.25) is 0 Å². The lowest BCUT2D eigenvalue weighted by atomic mass is 9.57. The van der Waals surface area contributed by atoms with Crippen LogP contribution in [-0.2, 0) is 21.5 Å². The Bertz CT molecular complexity index is 1520. The molecule has 3 saturated heterocycles. The van der Waals surface area contributed by atoms with Gasteiger partial charge >= 0.3 is 0 Å². The maximum atomic E-state index is 11.6. The number of benzene rings is 1. The van der Waals surface area contributed by atoms with Crippen LogP contribution < -0.4 is 20.7 Å². The van der Waals surface area contributed by atoms with E-state index in [-0.39, 0.29) is 29.8 Å². The number of pyridine rings is 1. The van der Waals surface area contributed by atoms with E-state index in [1.54, 1.807) is 7.11 Å². The minimum Gasteiger partial charge on any atom is -0.481 e. The molecular weight excluding hydrogens is 550 g/mol. The molecule has 1 aromatic heterocycles. The second kappa shape index (κ2) is 12.6. The van der Waals surface area contributed by atoms with Gasteiger partial charge in [0.05, 0.1) is 12.8 Å². The molecule has 1 aliphatic carbocycles. The van der Waals surface area contributed by atoms with Crippen LogP contribution in [0.1, 0.15) is 56.4 Å². The van der Waals surface area contributed by atoms with Crippen molar-refractivity contribution in [3.63, 3.8) is 0 Å². The van der Waals surface area contributed by atoms with Crippen molar-refractivity contribution in [3.05, 3.63) is 77.5 Å². The Morgan fingerprint density at radius 3 is 2.43 bits per heavy atom. The molecule has 230 valence electrons. The van der Waals surface area contributed by atoms with Crippen molar-refractivity contribution in [3.8, 4) is 17.7 Å². The fourth-order valence-corrected chi connectivity index (χ4v) is 7.02. The number of carbonyl (C=O) groups is 2. The second-order valence-electron chi connectivity index (χ2n) is 13.0. The summed E-state index contributed by atoms with van der Waals surface area (Å²) in [6.45, 7) is 8.53. The summed E-state index contributed by atoms with van der Waals surface area (Å²) in [6, 6.07) is 15.1. The van der Waals surface area contributed by atoms with Crippen molar-refractivity contribution < 1.29 is 14.3 Å². The van der Waals surface area contributed by atoms with E-state index in [2.05, 4.69) is 101 Å². The number of amides is 2. The van der Waals surface area contributed by atoms with Crippen LogP contribution in [0.25, 0.3) is 5.57 Å². The molecule has 8 nitrogen and oxygen atoms in total. The highest BCUT2D eigenvalue weighted by molar-refractivity contribution is 5.79. The summed E-state index contributed by atoms with van der Waals surface area (Å²) >= 11 is 0. The van der Waals surface area contributed by atoms with E-state index in [1.807, 2.05) is 6.07 Å². The van der Waals surface area contributed by atoms with Crippen molar-refractivity contribution in [2.75, 3.05) is 33.3 Å². The lowest BCUT2D eigenvalue weighted by Gasteiger charge is -2.45. The minimum atomic E-state index is -0.680. The number of allylic oxidation sites excluding steroid dienone is 4. The zero-order valence-electron chi connectivity index (χ0n) is 26.0. The maximum absolute atomic E-state index is 11.6. The largest absolute Gasteiger partial charge is 0.481 e. The summed E-state index contributed by atoms with van der Waals surface area (Å²) in [5.41, 5.74) is 3.14. The van der Waals surface area contributed by atoms with E-state index >= 15 is 0 Å². The molecule has 0 spiro atoms. The van der Waals surface area contributed by atoms with Crippen molar-refractivity contribution >= 4 is 17.4 Å². The molecule has 3 aliphatic heterocycles. The van der Waals surface area contributed by atoms with Gasteiger partial charge in [0.1, 0.15) is 5.41 Å². The number of nitrogens with one attached hydrogen (secondary N) is 3. The highest BCUT2D eigenvalue weighted by atomic mass is 16.5. The number of hydrogen-bond acceptors (Lipinski definition) is 6. The molecule has 2 aromatic rings. The number of nitrogens with zero attached hydrogens (tertiary/aromatic N) is 2. The van der Waals surface area contributed by atoms with Gasteiger partial charge in [-0.2, -0.15) is 0 Å². The highest BCUT2D eigenvalue weighted by Gasteiger charge is 2.49. The third-order valence-corrected chi connectivity index (χ3v) is 9.67. The van der Waals surface area contributed by atoms with Crippen molar-refractivity contribution in [1.82, 2.24) is 25.8 Å². The van der Waals surface area contributed by atoms with Crippen LogP contribution in [0.4, 0.5) is 0 Å². The summed E-state index contributed by atoms with van der Waals surface area (Å²) < 4.78 is 5.84. The number of rotatable bonds is 9. The molecule has 2 amide bonds. The summed E-state index contributed by atoms with van der Waals surface area (Å²) in [5.74, 6) is 8.56. The normalized spacial score (nSPS) is 26.3. The van der Waals surface area contributed by atoms with Gasteiger partial charge in [-0.3, -0.25) is 14.5 Å². The van der Waals surface area contributed by atoms with Gasteiger partial charge in [0.25, 0.3) is 0 Å². The van der Waals surface area contributed by atoms with E-state index in [0.717, 1.165) is 43.7 Å². The third-order valence-electron chi connectivity index (χ3n) is 9.67. The van der Waals surface area contributed by atoms with Crippen molar-refractivity contribution in [2.24, 2.45) is 11.3 Å². The SMILES string of the molecule is COc1nc(C2(C#CC3CN(CC4CCC(=O)N4)C3)C=CC=C(c3ccccc3)C2(C)C)ccc1CNCC1CCC(=O)N1. The van der Waals surface area contributed by atoms with Crippen molar-refractivity contribution in [1.29, 1.82) is 0 Å². The van der Waals surface area contributed by atoms with Crippen LogP contribution in [0.3, 0.4) is 0 Å². The molecule has 6 rings (SSSR count). The van der Waals surface area contributed by atoms with Crippen LogP contribution in [0, 0.1) is 23.2 Å². The molecule has 3 atom stereocenters. The molecule has 0 bridgehead atoms. The lowest BCUT2D eigenvalue weighted by Crippen LogP contribution is -2.51. The van der Waals surface area contributed by atoms with Crippen LogP contribution in [0.15, 0.2) is 60.7 Å². The Morgan fingerprint density at radius 2 is 1.75 bits per heavy atom. The van der Waals surface area contributed by atoms with Gasteiger partial charge in [0.15, 0.2) is 0 Å². The molecule has 8 heteroatoms. The molecular formula is C36H43N5O3. The first kappa shape index (κ1) is 30.1. The Labute approximate surface area is 260 Å². The van der Waals surface area contributed by atoms with E-state index in [9.17, 15) is 9.59 Å². The number of hydrogen-bond donors (Lipinski definition) is 3. The molecule has 44 heavy (non-hydrogen) atoms. The quantitative estimate of drug-likeness (QED) is 0.385. The van der Waals surface area contributed by atoms with E-state index in [4.69, 9.17) is 9.72 Å². The van der Waals surface area contributed by atoms with Gasteiger partial charge in [0, 0.05) is 74.5 Å². The van der Waals surface area contributed by atoms with E-state index in [1.165, 1.54) is 11.1 Å². The third kappa shape index (κ3) is 6.04. The first-order valence-electron chi connectivity index (χ1n) is 15.8. The van der Waals surface area contributed by atoms with Gasteiger partial charge in [-0.25, -0.2) is 4.98 Å². The smallest absolute Gasteiger partial charge is 0.220 e. The number of ether oxygens (including phenoxy) is 1. The fraction of sp³-hybridized carbons (Fsp3) is 0.472. The Balaban J connectivity index is 1.26. The molecule has 0 radical (unpaired) electrons. The zero-order chi connectivity index (χ0) is 30.7. The number of aromatic nitrogens is 1. The first-order valence-corrected chi connectivity index (χ1v) is 15.8. The fourth-order valence-electron chi connectivity index (χ4n) is 7.02. The summed E-state index contributed by atoms with van der Waals surface area (Å²) in [7, 11) is 1.66. The summed E-state index contributed by atoms with van der Waals surface area (Å²) in [4.78, 5) is 30.7. The summed E-state index contributed by atoms with van der Waals surface area (Å²) in [6.07, 6.45) is 9.53. The predicted octanol–water partition coefficient (Wildman–Crippen LogP) is 3.59. The van der Waals surface area contributed by atoms with Gasteiger partial charge in [0.2, 0.25) is 17.7 Å². The topological polar surface area (TPSA) is 95.6 Å². The molecule has 3 N–H and O–H groups in total. The Kier molecular flexibility index (Phi) is 8.61. The van der Waals surface area contributed by atoms with E-state index in [0.29, 0.717) is 31.8 Å². The maximum Gasteiger partial charge on any atom is 0.220 e. The van der Waals surface area contributed by atoms with Gasteiger partial charge < -0.3 is 20.7 Å². The van der Waals surface area contributed by atoms with Crippen LogP contribution >= 0.6 is 0 Å². The van der Waals surface area contributed by atoms with Crippen molar-refractivity contribution in [2.45, 2.75) is 63.6 Å². The van der Waals surface area contributed by atoms with E-state index < -0.39 is 10.8 Å². The predicted molar refractivity (Wildman–Crippen MR) is 172 cm³/mol. The van der Waals surface area contributed by atoms with Gasteiger partial charge in [-0.05, 0) is 30.0 Å². The average molecular weight is 594 g/mol. The number of likely N-dealkylation sites (tertiary alicyclic amines) is 1. The minimum absolute atomic E-state index is 0.121.